The SMILES string of the molecule is C[C@H](O)CNc1[nH+]c(-c2ccco2)c2c(c1C#N)CCCC2. The maximum atomic E-state index is 9.57. The van der Waals surface area contributed by atoms with Crippen molar-refractivity contribution in [2.75, 3.05) is 11.9 Å². The van der Waals surface area contributed by atoms with Crippen molar-refractivity contribution in [3.63, 3.8) is 0 Å². The number of fused-ring (bicyclic) bond motifs is 1. The molecule has 2 aromatic heterocycles. The Balaban J connectivity index is 2.14. The number of hydrogen-bond donors (Lipinski definition) is 2. The molecule has 3 N–H and O–H groups in total. The number of nitrogens with zero attached hydrogens (tertiary/aromatic N) is 1. The van der Waals surface area contributed by atoms with Crippen LogP contribution in [0.25, 0.3) is 11.5 Å². The van der Waals surface area contributed by atoms with Crippen LogP contribution in [0, 0.1) is 11.3 Å². The van der Waals surface area contributed by atoms with Crippen molar-refractivity contribution in [1.29, 1.82) is 5.26 Å². The molecule has 0 unspecified atom stereocenters. The van der Waals surface area contributed by atoms with Gasteiger partial charge in [-0.2, -0.15) is 5.26 Å². The highest BCUT2D eigenvalue weighted by atomic mass is 16.3. The summed E-state index contributed by atoms with van der Waals surface area (Å²) in [5, 5.41) is 22.2. The lowest BCUT2D eigenvalue weighted by Crippen LogP contribution is -2.26. The van der Waals surface area contributed by atoms with Crippen molar-refractivity contribution < 1.29 is 14.5 Å². The molecular formula is C17H20N3O2+. The van der Waals surface area contributed by atoms with Gasteiger partial charge in [0.2, 0.25) is 0 Å². The number of pyridine rings is 1. The molecule has 0 saturated carbocycles. The molecule has 2 heterocycles. The summed E-state index contributed by atoms with van der Waals surface area (Å²) in [4.78, 5) is 3.31. The Morgan fingerprint density at radius 2 is 2.18 bits per heavy atom. The molecule has 5 nitrogen and oxygen atoms in total. The van der Waals surface area contributed by atoms with E-state index in [2.05, 4.69) is 16.4 Å². The van der Waals surface area contributed by atoms with Crippen molar-refractivity contribution in [1.82, 2.24) is 0 Å². The fraction of sp³-hybridized carbons (Fsp3) is 0.412. The number of hydrogen-bond acceptors (Lipinski definition) is 4. The average molecular weight is 298 g/mol. The van der Waals surface area contributed by atoms with E-state index in [4.69, 9.17) is 4.42 Å². The van der Waals surface area contributed by atoms with Crippen molar-refractivity contribution in [3.05, 3.63) is 35.1 Å². The summed E-state index contributed by atoms with van der Waals surface area (Å²) in [6, 6.07) is 6.10. The number of aliphatic hydroxyl groups excluding tert-OH is 1. The number of rotatable bonds is 4. The molecule has 1 aliphatic rings. The molecule has 3 rings (SSSR count). The molecular weight excluding hydrogens is 278 g/mol. The van der Waals surface area contributed by atoms with Gasteiger partial charge in [-0.1, -0.05) is 0 Å². The fourth-order valence-electron chi connectivity index (χ4n) is 3.01. The molecule has 0 spiro atoms. The first kappa shape index (κ1) is 14.6. The molecule has 1 aliphatic carbocycles. The zero-order valence-electron chi connectivity index (χ0n) is 12.6. The van der Waals surface area contributed by atoms with Crippen molar-refractivity contribution in [2.45, 2.75) is 38.7 Å². The van der Waals surface area contributed by atoms with Crippen LogP contribution in [0.5, 0.6) is 0 Å². The van der Waals surface area contributed by atoms with Crippen LogP contribution in [-0.4, -0.2) is 17.8 Å². The Morgan fingerprint density at radius 1 is 1.41 bits per heavy atom. The summed E-state index contributed by atoms with van der Waals surface area (Å²) >= 11 is 0. The molecule has 0 amide bonds. The highest BCUT2D eigenvalue weighted by molar-refractivity contribution is 5.64. The third kappa shape index (κ3) is 2.70. The van der Waals surface area contributed by atoms with E-state index in [-0.39, 0.29) is 0 Å². The Hall–Kier alpha value is -2.32. The Bertz CT molecular complexity index is 700. The number of aromatic amines is 1. The van der Waals surface area contributed by atoms with Crippen LogP contribution < -0.4 is 10.3 Å². The number of nitrogens with one attached hydrogen (secondary N) is 2. The van der Waals surface area contributed by atoms with Crippen LogP contribution in [0.15, 0.2) is 22.8 Å². The quantitative estimate of drug-likeness (QED) is 0.907. The van der Waals surface area contributed by atoms with E-state index in [0.29, 0.717) is 17.9 Å². The fourth-order valence-corrected chi connectivity index (χ4v) is 3.01. The zero-order valence-corrected chi connectivity index (χ0v) is 12.6. The van der Waals surface area contributed by atoms with E-state index in [1.54, 1.807) is 13.2 Å². The molecule has 114 valence electrons. The molecule has 0 saturated heterocycles. The summed E-state index contributed by atoms with van der Waals surface area (Å²) in [6.45, 7) is 2.10. The second-order valence-electron chi connectivity index (χ2n) is 5.73. The van der Waals surface area contributed by atoms with Gasteiger partial charge in [-0.3, -0.25) is 5.32 Å². The van der Waals surface area contributed by atoms with E-state index in [1.165, 1.54) is 5.56 Å². The van der Waals surface area contributed by atoms with E-state index >= 15 is 0 Å². The lowest BCUT2D eigenvalue weighted by atomic mass is 9.87. The summed E-state index contributed by atoms with van der Waals surface area (Å²) in [7, 11) is 0. The van der Waals surface area contributed by atoms with Gasteiger partial charge in [0.05, 0.1) is 12.4 Å². The maximum Gasteiger partial charge on any atom is 0.291 e. The molecule has 5 heteroatoms. The normalized spacial score (nSPS) is 15.0. The first-order valence-electron chi connectivity index (χ1n) is 7.67. The minimum Gasteiger partial charge on any atom is -0.461 e. The molecule has 0 aliphatic heterocycles. The average Bonchev–Trinajstić information content (AvgIpc) is 3.05. The Morgan fingerprint density at radius 3 is 2.82 bits per heavy atom. The van der Waals surface area contributed by atoms with Gasteiger partial charge in [-0.15, -0.1) is 0 Å². The number of aliphatic hydroxyl groups is 1. The van der Waals surface area contributed by atoms with Crippen LogP contribution in [0.2, 0.25) is 0 Å². The minimum absolute atomic E-state index is 0.390. The molecule has 0 fully saturated rings. The van der Waals surface area contributed by atoms with Crippen LogP contribution >= 0.6 is 0 Å². The number of anilines is 1. The number of aromatic nitrogens is 1. The highest BCUT2D eigenvalue weighted by Gasteiger charge is 2.27. The first-order valence-corrected chi connectivity index (χ1v) is 7.67. The zero-order chi connectivity index (χ0) is 15.5. The van der Waals surface area contributed by atoms with Crippen molar-refractivity contribution >= 4 is 5.82 Å². The standard InChI is InChI=1S/C17H19N3O2/c1-11(21)10-19-17-14(9-18)12-5-2-3-6-13(12)16(20-17)15-7-4-8-22-15/h4,7-8,11,21H,2-3,5-6,10H2,1H3,(H,19,20)/p+1/t11-/m0/s1. The number of nitriles is 1. The van der Waals surface area contributed by atoms with Crippen LogP contribution in [-0.2, 0) is 12.8 Å². The largest absolute Gasteiger partial charge is 0.461 e. The predicted octanol–water partition coefficient (Wildman–Crippen LogP) is 2.30. The van der Waals surface area contributed by atoms with Gasteiger partial charge in [0.25, 0.3) is 5.82 Å². The van der Waals surface area contributed by atoms with E-state index < -0.39 is 6.10 Å². The van der Waals surface area contributed by atoms with Crippen LogP contribution in [0.1, 0.15) is 36.5 Å². The molecule has 0 radical (unpaired) electrons. The number of H-pyrrole nitrogens is 1. The van der Waals surface area contributed by atoms with E-state index in [9.17, 15) is 10.4 Å². The van der Waals surface area contributed by atoms with E-state index in [0.717, 1.165) is 42.7 Å². The monoisotopic (exact) mass is 298 g/mol. The topological polar surface area (TPSA) is 83.3 Å². The molecule has 2 aromatic rings. The van der Waals surface area contributed by atoms with Crippen molar-refractivity contribution in [3.8, 4) is 17.5 Å². The Kier molecular flexibility index (Phi) is 4.12. The lowest BCUT2D eigenvalue weighted by Gasteiger charge is -2.19. The van der Waals surface area contributed by atoms with Gasteiger partial charge in [0, 0.05) is 5.56 Å². The summed E-state index contributed by atoms with van der Waals surface area (Å²) < 4.78 is 5.55. The molecule has 0 bridgehead atoms. The predicted molar refractivity (Wildman–Crippen MR) is 82.2 cm³/mol. The maximum absolute atomic E-state index is 9.57. The van der Waals surface area contributed by atoms with Gasteiger partial charge < -0.3 is 9.52 Å². The molecule has 0 aromatic carbocycles. The van der Waals surface area contributed by atoms with Gasteiger partial charge in [-0.05, 0) is 50.3 Å². The lowest BCUT2D eigenvalue weighted by molar-refractivity contribution is -0.350. The summed E-state index contributed by atoms with van der Waals surface area (Å²) in [5.74, 6) is 1.44. The third-order valence-electron chi connectivity index (χ3n) is 4.03. The summed E-state index contributed by atoms with van der Waals surface area (Å²) in [5.41, 5.74) is 3.88. The third-order valence-corrected chi connectivity index (χ3v) is 4.03. The van der Waals surface area contributed by atoms with Crippen molar-refractivity contribution in [2.24, 2.45) is 0 Å². The van der Waals surface area contributed by atoms with Gasteiger partial charge in [-0.25, -0.2) is 4.98 Å². The second-order valence-corrected chi connectivity index (χ2v) is 5.73. The highest BCUT2D eigenvalue weighted by Crippen LogP contribution is 2.33. The van der Waals surface area contributed by atoms with Gasteiger partial charge >= 0.3 is 0 Å². The van der Waals surface area contributed by atoms with E-state index in [1.807, 2.05) is 12.1 Å². The summed E-state index contributed by atoms with van der Waals surface area (Å²) in [6.07, 6.45) is 5.25. The van der Waals surface area contributed by atoms with Gasteiger partial charge in [0.1, 0.15) is 18.2 Å². The molecule has 1 atom stereocenters. The first-order chi connectivity index (χ1) is 10.7. The Labute approximate surface area is 129 Å². The number of furan rings is 1. The second kappa shape index (κ2) is 6.20. The van der Waals surface area contributed by atoms with Crippen LogP contribution in [0.3, 0.4) is 0 Å². The van der Waals surface area contributed by atoms with Gasteiger partial charge in [0.15, 0.2) is 11.5 Å². The smallest absolute Gasteiger partial charge is 0.291 e. The van der Waals surface area contributed by atoms with Crippen LogP contribution in [0.4, 0.5) is 5.82 Å². The molecule has 22 heavy (non-hydrogen) atoms. The minimum atomic E-state index is -0.483.